The van der Waals surface area contributed by atoms with Gasteiger partial charge in [-0.05, 0) is 67.3 Å². The average molecular weight is 477 g/mol. The SMILES string of the molecule is O=C(c1ccc(F)cc1)N(CC1CC1)C[C@@H]1CN(C[C@H](O)COc2ccc(Cl)cc2)CCO1. The maximum absolute atomic E-state index is 13.3. The van der Waals surface area contributed by atoms with E-state index in [-0.39, 0.29) is 24.4 Å². The summed E-state index contributed by atoms with van der Waals surface area (Å²) < 4.78 is 24.9. The number of aliphatic hydroxyl groups is 1. The number of aliphatic hydroxyl groups excluding tert-OH is 1. The molecule has 2 fully saturated rings. The van der Waals surface area contributed by atoms with Gasteiger partial charge in [0.1, 0.15) is 24.3 Å². The summed E-state index contributed by atoms with van der Waals surface area (Å²) in [5.74, 6) is 0.735. The molecule has 1 saturated carbocycles. The Kier molecular flexibility index (Phi) is 8.20. The number of benzene rings is 2. The van der Waals surface area contributed by atoms with Crippen LogP contribution in [0, 0.1) is 11.7 Å². The minimum atomic E-state index is -0.650. The molecule has 6 nitrogen and oxygen atoms in total. The van der Waals surface area contributed by atoms with Crippen LogP contribution >= 0.6 is 11.6 Å². The molecule has 0 spiro atoms. The maximum Gasteiger partial charge on any atom is 0.253 e. The number of amides is 1. The van der Waals surface area contributed by atoms with E-state index >= 15 is 0 Å². The Morgan fingerprint density at radius 2 is 1.91 bits per heavy atom. The largest absolute Gasteiger partial charge is 0.491 e. The molecule has 2 atom stereocenters. The molecule has 1 heterocycles. The summed E-state index contributed by atoms with van der Waals surface area (Å²) >= 11 is 5.88. The molecule has 0 unspecified atom stereocenters. The van der Waals surface area contributed by atoms with Crippen LogP contribution in [0.2, 0.25) is 5.02 Å². The summed E-state index contributed by atoms with van der Waals surface area (Å²) in [5, 5.41) is 11.1. The van der Waals surface area contributed by atoms with Gasteiger partial charge in [-0.3, -0.25) is 9.69 Å². The van der Waals surface area contributed by atoms with E-state index < -0.39 is 6.10 Å². The van der Waals surface area contributed by atoms with Gasteiger partial charge in [-0.25, -0.2) is 4.39 Å². The first-order valence-electron chi connectivity index (χ1n) is 11.4. The van der Waals surface area contributed by atoms with Crippen molar-refractivity contribution in [1.29, 1.82) is 0 Å². The van der Waals surface area contributed by atoms with E-state index in [2.05, 4.69) is 4.90 Å². The molecule has 1 saturated heterocycles. The van der Waals surface area contributed by atoms with Gasteiger partial charge in [-0.15, -0.1) is 0 Å². The highest BCUT2D eigenvalue weighted by molar-refractivity contribution is 6.30. The second-order valence-electron chi connectivity index (χ2n) is 8.83. The molecule has 0 bridgehead atoms. The monoisotopic (exact) mass is 476 g/mol. The van der Waals surface area contributed by atoms with E-state index in [0.29, 0.717) is 61.6 Å². The second kappa shape index (κ2) is 11.3. The third-order valence-corrected chi connectivity index (χ3v) is 6.18. The molecule has 0 radical (unpaired) electrons. The zero-order chi connectivity index (χ0) is 23.2. The average Bonchev–Trinajstić information content (AvgIpc) is 3.63. The molecular formula is C25H30ClFN2O4. The van der Waals surface area contributed by atoms with Crippen molar-refractivity contribution in [3.63, 3.8) is 0 Å². The zero-order valence-corrected chi connectivity index (χ0v) is 19.3. The fraction of sp³-hybridized carbons (Fsp3) is 0.480. The Morgan fingerprint density at radius 1 is 1.18 bits per heavy atom. The third kappa shape index (κ3) is 7.40. The van der Waals surface area contributed by atoms with Crippen molar-refractivity contribution in [2.45, 2.75) is 25.0 Å². The zero-order valence-electron chi connectivity index (χ0n) is 18.5. The molecule has 4 rings (SSSR count). The number of hydrogen-bond acceptors (Lipinski definition) is 5. The van der Waals surface area contributed by atoms with Crippen LogP contribution < -0.4 is 4.74 Å². The molecule has 33 heavy (non-hydrogen) atoms. The first-order chi connectivity index (χ1) is 16.0. The lowest BCUT2D eigenvalue weighted by Crippen LogP contribution is -2.51. The molecular weight excluding hydrogens is 447 g/mol. The molecule has 1 aliphatic carbocycles. The van der Waals surface area contributed by atoms with Gasteiger partial charge in [0.25, 0.3) is 5.91 Å². The predicted molar refractivity (Wildman–Crippen MR) is 124 cm³/mol. The van der Waals surface area contributed by atoms with Crippen LogP contribution in [0.15, 0.2) is 48.5 Å². The first-order valence-corrected chi connectivity index (χ1v) is 11.8. The van der Waals surface area contributed by atoms with Crippen molar-refractivity contribution in [3.05, 3.63) is 64.9 Å². The Hall–Kier alpha value is -2.19. The lowest BCUT2D eigenvalue weighted by Gasteiger charge is -2.36. The molecule has 0 aromatic heterocycles. The minimum absolute atomic E-state index is 0.0981. The molecule has 2 aromatic carbocycles. The van der Waals surface area contributed by atoms with Crippen molar-refractivity contribution in [2.24, 2.45) is 5.92 Å². The van der Waals surface area contributed by atoms with E-state index in [1.807, 2.05) is 4.90 Å². The van der Waals surface area contributed by atoms with Crippen molar-refractivity contribution < 1.29 is 23.8 Å². The number of ether oxygens (including phenoxy) is 2. The lowest BCUT2D eigenvalue weighted by molar-refractivity contribution is -0.0538. The number of carbonyl (C=O) groups is 1. The highest BCUT2D eigenvalue weighted by atomic mass is 35.5. The third-order valence-electron chi connectivity index (χ3n) is 5.93. The van der Waals surface area contributed by atoms with Crippen molar-refractivity contribution in [1.82, 2.24) is 9.80 Å². The molecule has 1 N–H and O–H groups in total. The summed E-state index contributed by atoms with van der Waals surface area (Å²) in [6.07, 6.45) is 1.46. The van der Waals surface area contributed by atoms with E-state index in [1.165, 1.54) is 24.3 Å². The van der Waals surface area contributed by atoms with Crippen LogP contribution in [0.25, 0.3) is 0 Å². The fourth-order valence-corrected chi connectivity index (χ4v) is 4.13. The molecule has 2 aliphatic rings. The van der Waals surface area contributed by atoms with Crippen LogP contribution in [0.4, 0.5) is 4.39 Å². The summed E-state index contributed by atoms with van der Waals surface area (Å²) in [4.78, 5) is 17.0. The normalized spacial score (nSPS) is 19.8. The van der Waals surface area contributed by atoms with Crippen LogP contribution in [0.3, 0.4) is 0 Å². The van der Waals surface area contributed by atoms with Crippen molar-refractivity contribution in [3.8, 4) is 5.75 Å². The van der Waals surface area contributed by atoms with Gasteiger partial charge in [0.2, 0.25) is 0 Å². The Morgan fingerprint density at radius 3 is 2.61 bits per heavy atom. The van der Waals surface area contributed by atoms with E-state index in [4.69, 9.17) is 21.1 Å². The van der Waals surface area contributed by atoms with Gasteiger partial charge in [0.05, 0.1) is 12.7 Å². The molecule has 1 amide bonds. The number of halogens is 2. The first kappa shape index (κ1) is 24.0. The van der Waals surface area contributed by atoms with Gasteiger partial charge in [0.15, 0.2) is 0 Å². The fourth-order valence-electron chi connectivity index (χ4n) is 4.00. The van der Waals surface area contributed by atoms with Gasteiger partial charge >= 0.3 is 0 Å². The van der Waals surface area contributed by atoms with Crippen LogP contribution in [0.1, 0.15) is 23.2 Å². The standard InChI is InChI=1S/C25H30ClFN2O4/c26-20-5-9-23(10-6-20)33-17-22(30)14-28-11-12-32-24(15-28)16-29(13-18-1-2-18)25(31)19-3-7-21(27)8-4-19/h3-10,18,22,24,30H,1-2,11-17H2/t22-,24-/m0/s1. The topological polar surface area (TPSA) is 62.2 Å². The smallest absolute Gasteiger partial charge is 0.253 e. The number of β-amino-alcohol motifs (C(OH)–C–C–N with tert-alkyl or cyclic N) is 1. The quantitative estimate of drug-likeness (QED) is 0.569. The Balaban J connectivity index is 1.29. The van der Waals surface area contributed by atoms with Crippen LogP contribution in [-0.4, -0.2) is 79.0 Å². The maximum atomic E-state index is 13.3. The summed E-state index contributed by atoms with van der Waals surface area (Å²) in [6.45, 7) is 3.67. The number of nitrogens with zero attached hydrogens (tertiary/aromatic N) is 2. The van der Waals surface area contributed by atoms with E-state index in [9.17, 15) is 14.3 Å². The molecule has 178 valence electrons. The molecule has 1 aliphatic heterocycles. The second-order valence-corrected chi connectivity index (χ2v) is 9.27. The number of morpholine rings is 1. The summed E-state index contributed by atoms with van der Waals surface area (Å²) in [6, 6.07) is 12.7. The van der Waals surface area contributed by atoms with Gasteiger partial charge in [-0.2, -0.15) is 0 Å². The Bertz CT molecular complexity index is 908. The Labute approximate surface area is 198 Å². The summed E-state index contributed by atoms with van der Waals surface area (Å²) in [7, 11) is 0. The van der Waals surface area contributed by atoms with Crippen molar-refractivity contribution >= 4 is 17.5 Å². The number of hydrogen-bond donors (Lipinski definition) is 1. The number of carbonyl (C=O) groups excluding carboxylic acids is 1. The van der Waals surface area contributed by atoms with Crippen molar-refractivity contribution in [2.75, 3.05) is 45.9 Å². The van der Waals surface area contributed by atoms with Gasteiger partial charge in [0, 0.05) is 43.3 Å². The molecule has 2 aromatic rings. The van der Waals surface area contributed by atoms with Gasteiger partial charge < -0.3 is 19.5 Å². The van der Waals surface area contributed by atoms with Gasteiger partial charge in [-0.1, -0.05) is 11.6 Å². The van der Waals surface area contributed by atoms with E-state index in [1.54, 1.807) is 24.3 Å². The van der Waals surface area contributed by atoms with Crippen LogP contribution in [-0.2, 0) is 4.74 Å². The van der Waals surface area contributed by atoms with E-state index in [0.717, 1.165) is 12.8 Å². The van der Waals surface area contributed by atoms with Crippen LogP contribution in [0.5, 0.6) is 5.75 Å². The minimum Gasteiger partial charge on any atom is -0.491 e. The highest BCUT2D eigenvalue weighted by Crippen LogP contribution is 2.30. The predicted octanol–water partition coefficient (Wildman–Crippen LogP) is 3.47. The highest BCUT2D eigenvalue weighted by Gasteiger charge is 2.31. The lowest BCUT2D eigenvalue weighted by atomic mass is 10.1. The molecule has 8 heteroatoms. The number of rotatable bonds is 10. The summed E-state index contributed by atoms with van der Waals surface area (Å²) in [5.41, 5.74) is 0.486.